The number of benzene rings is 3. The highest BCUT2D eigenvalue weighted by Gasteiger charge is 2.59. The first-order valence-corrected chi connectivity index (χ1v) is 11.4. The molecule has 8 nitrogen and oxygen atoms in total. The molecule has 0 saturated carbocycles. The molecule has 0 aliphatic carbocycles. The fraction of sp³-hybridized carbons (Fsp3) is 0.120. The molecule has 0 bridgehead atoms. The van der Waals surface area contributed by atoms with Crippen LogP contribution in [0.4, 0.5) is 17.1 Å². The second-order valence-electron chi connectivity index (χ2n) is 8.01. The minimum absolute atomic E-state index is 0.0751. The summed E-state index contributed by atoms with van der Waals surface area (Å²) in [6.45, 7) is 0. The first kappa shape index (κ1) is 23.0. The molecule has 0 spiro atoms. The normalized spacial score (nSPS) is 21.7. The summed E-state index contributed by atoms with van der Waals surface area (Å²) >= 11 is 12.0. The zero-order valence-electron chi connectivity index (χ0n) is 18.0. The Balaban J connectivity index is 1.54. The van der Waals surface area contributed by atoms with E-state index in [1.54, 1.807) is 78.9 Å². The summed E-state index contributed by atoms with van der Waals surface area (Å²) in [5.41, 5.74) is 1.26. The zero-order chi connectivity index (χ0) is 24.7. The number of rotatable bonds is 5. The number of nitrogens with zero attached hydrogens (tertiary/aromatic N) is 3. The van der Waals surface area contributed by atoms with E-state index in [0.29, 0.717) is 27.0 Å². The maximum atomic E-state index is 13.5. The smallest absolute Gasteiger partial charge is 0.273 e. The van der Waals surface area contributed by atoms with E-state index in [4.69, 9.17) is 28.0 Å². The summed E-state index contributed by atoms with van der Waals surface area (Å²) < 4.78 is 0. The predicted molar refractivity (Wildman–Crippen MR) is 132 cm³/mol. The summed E-state index contributed by atoms with van der Waals surface area (Å²) in [7, 11) is 0. The number of hydrogen-bond donors (Lipinski definition) is 0. The van der Waals surface area contributed by atoms with Gasteiger partial charge in [0, 0.05) is 16.1 Å². The van der Waals surface area contributed by atoms with Gasteiger partial charge >= 0.3 is 0 Å². The molecule has 5 rings (SSSR count). The molecule has 0 N–H and O–H groups in total. The first-order valence-electron chi connectivity index (χ1n) is 10.6. The van der Waals surface area contributed by atoms with Crippen molar-refractivity contribution in [3.63, 3.8) is 0 Å². The second kappa shape index (κ2) is 9.14. The van der Waals surface area contributed by atoms with Gasteiger partial charge in [-0.15, -0.1) is 0 Å². The van der Waals surface area contributed by atoms with Crippen LogP contribution in [0.15, 0.2) is 78.9 Å². The number of nitro benzene ring substituents is 1. The Labute approximate surface area is 210 Å². The molecule has 0 radical (unpaired) electrons. The van der Waals surface area contributed by atoms with Crippen LogP contribution in [-0.4, -0.2) is 28.9 Å². The van der Waals surface area contributed by atoms with Gasteiger partial charge in [0.2, 0.25) is 5.91 Å². The standard InChI is InChI=1S/C25H17Cl2N3O5/c26-16-6-10-18(11-7-16)28-24(31)22-21(14-5-15-3-1-2-4-20(15)30(33)34)29(35-23(22)25(28)32)19-12-8-17(27)9-13-19/h1-14,21-23H/b14-5+/t21-,22+,23-/m1/s1. The molecule has 0 aromatic heterocycles. The molecule has 2 fully saturated rings. The van der Waals surface area contributed by atoms with Crippen molar-refractivity contribution in [3.05, 3.63) is 105 Å². The Bertz CT molecular complexity index is 1340. The van der Waals surface area contributed by atoms with Gasteiger partial charge < -0.3 is 0 Å². The summed E-state index contributed by atoms with van der Waals surface area (Å²) in [5.74, 6) is -1.80. The number of para-hydroxylation sites is 1. The van der Waals surface area contributed by atoms with Crippen LogP contribution < -0.4 is 9.96 Å². The SMILES string of the molecule is O=C1[C@H]2[C@@H](/C=C/c3ccccc3[N+](=O)[O-])N(c3ccc(Cl)cc3)O[C@H]2C(=O)N1c1ccc(Cl)cc1. The lowest BCUT2D eigenvalue weighted by Crippen LogP contribution is -2.39. The van der Waals surface area contributed by atoms with Crippen molar-refractivity contribution in [2.24, 2.45) is 5.92 Å². The number of hydroxylamine groups is 1. The Morgan fingerprint density at radius 2 is 1.46 bits per heavy atom. The molecular weight excluding hydrogens is 493 g/mol. The van der Waals surface area contributed by atoms with Crippen LogP contribution in [0, 0.1) is 16.0 Å². The lowest BCUT2D eigenvalue weighted by molar-refractivity contribution is -0.385. The van der Waals surface area contributed by atoms with Crippen LogP contribution in [0.3, 0.4) is 0 Å². The van der Waals surface area contributed by atoms with Crippen molar-refractivity contribution in [1.82, 2.24) is 0 Å². The zero-order valence-corrected chi connectivity index (χ0v) is 19.5. The minimum atomic E-state index is -1.06. The summed E-state index contributed by atoms with van der Waals surface area (Å²) in [5, 5.41) is 13.9. The van der Waals surface area contributed by atoms with Crippen molar-refractivity contribution in [2.75, 3.05) is 9.96 Å². The number of anilines is 2. The van der Waals surface area contributed by atoms with Gasteiger partial charge in [0.1, 0.15) is 5.92 Å². The number of fused-ring (bicyclic) bond motifs is 1. The number of halogens is 2. The molecule has 3 aromatic carbocycles. The molecule has 3 aromatic rings. The van der Waals surface area contributed by atoms with Crippen molar-refractivity contribution in [3.8, 4) is 0 Å². The van der Waals surface area contributed by atoms with E-state index < -0.39 is 34.8 Å². The molecule has 176 valence electrons. The molecule has 0 unspecified atom stereocenters. The van der Waals surface area contributed by atoms with Crippen molar-refractivity contribution < 1.29 is 19.3 Å². The van der Waals surface area contributed by atoms with Gasteiger partial charge in [0.25, 0.3) is 11.6 Å². The fourth-order valence-corrected chi connectivity index (χ4v) is 4.55. The number of nitro groups is 1. The number of hydrogen-bond acceptors (Lipinski definition) is 6. The van der Waals surface area contributed by atoms with Gasteiger partial charge in [-0.1, -0.05) is 41.4 Å². The quantitative estimate of drug-likeness (QED) is 0.263. The molecule has 10 heteroatoms. The molecule has 2 amide bonds. The highest BCUT2D eigenvalue weighted by Crippen LogP contribution is 2.41. The number of carbonyl (C=O) groups is 2. The Morgan fingerprint density at radius 3 is 2.09 bits per heavy atom. The van der Waals surface area contributed by atoms with Gasteiger partial charge in [-0.05, 0) is 60.7 Å². The van der Waals surface area contributed by atoms with Crippen LogP contribution in [-0.2, 0) is 14.4 Å². The Hall–Kier alpha value is -3.72. The summed E-state index contributed by atoms with van der Waals surface area (Å²) in [4.78, 5) is 44.9. The first-order chi connectivity index (χ1) is 16.8. The molecule has 2 saturated heterocycles. The van der Waals surface area contributed by atoms with Crippen LogP contribution in [0.2, 0.25) is 10.0 Å². The minimum Gasteiger partial charge on any atom is -0.273 e. The highest BCUT2D eigenvalue weighted by atomic mass is 35.5. The van der Waals surface area contributed by atoms with E-state index in [1.807, 2.05) is 0 Å². The van der Waals surface area contributed by atoms with Crippen LogP contribution in [0.1, 0.15) is 5.56 Å². The third-order valence-electron chi connectivity index (χ3n) is 5.93. The lowest BCUT2D eigenvalue weighted by atomic mass is 9.95. The molecular formula is C25H17Cl2N3O5. The molecule has 2 aliphatic rings. The van der Waals surface area contributed by atoms with Gasteiger partial charge in [-0.25, -0.2) is 9.96 Å². The van der Waals surface area contributed by atoms with Crippen molar-refractivity contribution in [1.29, 1.82) is 0 Å². The van der Waals surface area contributed by atoms with Gasteiger partial charge in [0.15, 0.2) is 6.10 Å². The van der Waals surface area contributed by atoms with Crippen LogP contribution in [0.25, 0.3) is 6.08 Å². The number of carbonyl (C=O) groups excluding carboxylic acids is 2. The monoisotopic (exact) mass is 509 g/mol. The predicted octanol–water partition coefficient (Wildman–Crippen LogP) is 5.29. The van der Waals surface area contributed by atoms with E-state index >= 15 is 0 Å². The van der Waals surface area contributed by atoms with E-state index in [9.17, 15) is 19.7 Å². The van der Waals surface area contributed by atoms with E-state index in [1.165, 1.54) is 11.1 Å². The van der Waals surface area contributed by atoms with E-state index in [2.05, 4.69) is 0 Å². The summed E-state index contributed by atoms with van der Waals surface area (Å²) in [6, 6.07) is 18.7. The average molecular weight is 510 g/mol. The van der Waals surface area contributed by atoms with E-state index in [0.717, 1.165) is 4.90 Å². The molecule has 3 atom stereocenters. The average Bonchev–Trinajstić information content (AvgIpc) is 3.34. The second-order valence-corrected chi connectivity index (χ2v) is 8.88. The highest BCUT2D eigenvalue weighted by molar-refractivity contribution is 6.31. The maximum absolute atomic E-state index is 13.5. The van der Waals surface area contributed by atoms with E-state index in [-0.39, 0.29) is 5.69 Å². The number of amides is 2. The largest absolute Gasteiger partial charge is 0.276 e. The fourth-order valence-electron chi connectivity index (χ4n) is 4.30. The topological polar surface area (TPSA) is 93.0 Å². The maximum Gasteiger partial charge on any atom is 0.276 e. The van der Waals surface area contributed by atoms with Gasteiger partial charge in [0.05, 0.1) is 27.9 Å². The van der Waals surface area contributed by atoms with Gasteiger partial charge in [-0.2, -0.15) is 0 Å². The Kier molecular flexibility index (Phi) is 6.02. The number of imide groups is 1. The molecule has 35 heavy (non-hydrogen) atoms. The third kappa shape index (κ3) is 4.16. The molecule has 2 heterocycles. The van der Waals surface area contributed by atoms with Crippen molar-refractivity contribution >= 4 is 58.2 Å². The van der Waals surface area contributed by atoms with Crippen LogP contribution in [0.5, 0.6) is 0 Å². The third-order valence-corrected chi connectivity index (χ3v) is 6.44. The van der Waals surface area contributed by atoms with Crippen LogP contribution >= 0.6 is 23.2 Å². The molecule has 2 aliphatic heterocycles. The van der Waals surface area contributed by atoms with Crippen molar-refractivity contribution in [2.45, 2.75) is 12.1 Å². The Morgan fingerprint density at radius 1 is 0.857 bits per heavy atom. The van der Waals surface area contributed by atoms with Gasteiger partial charge in [-0.3, -0.25) is 24.5 Å². The summed E-state index contributed by atoms with van der Waals surface area (Å²) in [6.07, 6.45) is 2.16. The lowest BCUT2D eigenvalue weighted by Gasteiger charge is -2.26.